The van der Waals surface area contributed by atoms with Crippen molar-refractivity contribution < 1.29 is 4.74 Å². The number of hydrogen-bond donors (Lipinski definition) is 1. The van der Waals surface area contributed by atoms with Crippen LogP contribution in [-0.2, 0) is 0 Å². The molecule has 112 valence electrons. The van der Waals surface area contributed by atoms with Crippen molar-refractivity contribution in [1.82, 2.24) is 18.9 Å². The van der Waals surface area contributed by atoms with Crippen LogP contribution in [0.1, 0.15) is 0 Å². The fourth-order valence-electron chi connectivity index (χ4n) is 2.39. The summed E-state index contributed by atoms with van der Waals surface area (Å²) in [6.45, 7) is 0. The first kappa shape index (κ1) is 13.8. The molecule has 3 aromatic heterocycles. The van der Waals surface area contributed by atoms with E-state index < -0.39 is 0 Å². The van der Waals surface area contributed by atoms with Crippen molar-refractivity contribution in [3.8, 4) is 22.9 Å². The minimum Gasteiger partial charge on any atom is -0.424 e. The monoisotopic (exact) mass is 320 g/mol. The van der Waals surface area contributed by atoms with Crippen LogP contribution in [0.3, 0.4) is 0 Å². The topological polar surface area (TPSA) is 52.8 Å². The lowest BCUT2D eigenvalue weighted by Crippen LogP contribution is -1.93. The Balaban J connectivity index is 1.78. The van der Waals surface area contributed by atoms with Crippen LogP contribution in [0.2, 0.25) is 0 Å². The highest BCUT2D eigenvalue weighted by molar-refractivity contribution is 7.78. The lowest BCUT2D eigenvalue weighted by atomic mass is 10.1. The normalized spacial score (nSPS) is 10.8. The molecule has 0 aliphatic heterocycles. The second kappa shape index (κ2) is 5.73. The number of fused-ring (bicyclic) bond motifs is 1. The number of aromatic nitrogens is 4. The summed E-state index contributed by atoms with van der Waals surface area (Å²) in [5.41, 5.74) is 2.71. The van der Waals surface area contributed by atoms with Gasteiger partial charge in [-0.1, -0.05) is 31.0 Å². The Hall–Kier alpha value is -2.86. The van der Waals surface area contributed by atoms with Crippen LogP contribution in [0.4, 0.5) is 0 Å². The van der Waals surface area contributed by atoms with E-state index in [9.17, 15) is 0 Å². The molecular weight excluding hydrogens is 308 g/mol. The van der Waals surface area contributed by atoms with Crippen LogP contribution in [0.15, 0.2) is 67.3 Å². The number of para-hydroxylation sites is 1. The Labute approximate surface area is 138 Å². The smallest absolute Gasteiger partial charge is 0.321 e. The van der Waals surface area contributed by atoms with Gasteiger partial charge in [0.1, 0.15) is 11.4 Å². The van der Waals surface area contributed by atoms with Crippen molar-refractivity contribution in [3.05, 3.63) is 67.3 Å². The number of ether oxygens (including phenoxy) is 1. The third kappa shape index (κ3) is 2.64. The number of hydrogen-bond acceptors (Lipinski definition) is 5. The number of thiol groups is 1. The van der Waals surface area contributed by atoms with Gasteiger partial charge in [-0.15, -0.1) is 0 Å². The first-order chi connectivity index (χ1) is 11.3. The molecule has 3 heterocycles. The minimum atomic E-state index is 0.315. The van der Waals surface area contributed by atoms with E-state index in [1.807, 2.05) is 42.7 Å². The highest BCUT2D eigenvalue weighted by Crippen LogP contribution is 2.33. The largest absolute Gasteiger partial charge is 0.424 e. The molecule has 0 saturated carbocycles. The van der Waals surface area contributed by atoms with Gasteiger partial charge in [-0.2, -0.15) is 0 Å². The van der Waals surface area contributed by atoms with Crippen LogP contribution in [0, 0.1) is 0 Å². The summed E-state index contributed by atoms with van der Waals surface area (Å²) >= 11 is 4.32. The predicted molar refractivity (Wildman–Crippen MR) is 91.7 cm³/mol. The summed E-state index contributed by atoms with van der Waals surface area (Å²) in [7, 11) is 0. The van der Waals surface area contributed by atoms with E-state index in [2.05, 4.69) is 33.8 Å². The van der Waals surface area contributed by atoms with Gasteiger partial charge in [0.05, 0.1) is 0 Å². The van der Waals surface area contributed by atoms with E-state index in [4.69, 9.17) is 4.74 Å². The standard InChI is InChI=1S/C17H12N4OS/c23-21-9-6-12-10-13(11-20-16(12)21)14-4-1-2-5-15(14)22-17-18-7-3-8-19-17/h1-11,23H. The number of rotatable bonds is 3. The third-order valence-electron chi connectivity index (χ3n) is 3.45. The van der Waals surface area contributed by atoms with Gasteiger partial charge in [0, 0.05) is 41.3 Å². The second-order valence-electron chi connectivity index (χ2n) is 4.93. The Morgan fingerprint density at radius 2 is 1.78 bits per heavy atom. The van der Waals surface area contributed by atoms with E-state index in [1.165, 1.54) is 0 Å². The highest BCUT2D eigenvalue weighted by atomic mass is 32.1. The average Bonchev–Trinajstić information content (AvgIpc) is 2.97. The highest BCUT2D eigenvalue weighted by Gasteiger charge is 2.10. The SMILES string of the molecule is Sn1ccc2cc(-c3ccccc3Oc3ncccn3)cnc21. The van der Waals surface area contributed by atoms with Crippen LogP contribution in [0.5, 0.6) is 11.8 Å². The van der Waals surface area contributed by atoms with E-state index >= 15 is 0 Å². The van der Waals surface area contributed by atoms with Crippen LogP contribution >= 0.6 is 12.8 Å². The van der Waals surface area contributed by atoms with E-state index in [0.717, 1.165) is 22.2 Å². The Morgan fingerprint density at radius 3 is 2.65 bits per heavy atom. The summed E-state index contributed by atoms with van der Waals surface area (Å²) in [5.74, 6) is 0.685. The molecular formula is C17H12N4OS. The molecule has 0 unspecified atom stereocenters. The van der Waals surface area contributed by atoms with Gasteiger partial charge in [0.2, 0.25) is 0 Å². The van der Waals surface area contributed by atoms with Gasteiger partial charge >= 0.3 is 6.01 Å². The van der Waals surface area contributed by atoms with Crippen LogP contribution < -0.4 is 4.74 Å². The Bertz CT molecular complexity index is 969. The number of benzene rings is 1. The molecule has 6 heteroatoms. The average molecular weight is 320 g/mol. The van der Waals surface area contributed by atoms with Gasteiger partial charge in [0.25, 0.3) is 0 Å². The molecule has 0 atom stereocenters. The van der Waals surface area contributed by atoms with Crippen LogP contribution in [-0.4, -0.2) is 18.9 Å². The molecule has 1 aromatic carbocycles. The van der Waals surface area contributed by atoms with Crippen molar-refractivity contribution in [2.45, 2.75) is 0 Å². The lowest BCUT2D eigenvalue weighted by Gasteiger charge is -2.09. The van der Waals surface area contributed by atoms with Crippen molar-refractivity contribution in [2.75, 3.05) is 0 Å². The molecule has 0 amide bonds. The first-order valence-electron chi connectivity index (χ1n) is 7.02. The summed E-state index contributed by atoms with van der Waals surface area (Å²) in [6, 6.07) is 13.8. The van der Waals surface area contributed by atoms with E-state index in [1.54, 1.807) is 22.4 Å². The number of nitrogens with zero attached hydrogens (tertiary/aromatic N) is 4. The summed E-state index contributed by atoms with van der Waals surface area (Å²) in [6.07, 6.45) is 6.97. The Morgan fingerprint density at radius 1 is 0.957 bits per heavy atom. The van der Waals surface area contributed by atoms with E-state index in [0.29, 0.717) is 11.8 Å². The van der Waals surface area contributed by atoms with Crippen LogP contribution in [0.25, 0.3) is 22.2 Å². The molecule has 0 saturated heterocycles. The van der Waals surface area contributed by atoms with Gasteiger partial charge in [-0.3, -0.25) is 3.97 Å². The van der Waals surface area contributed by atoms with Gasteiger partial charge < -0.3 is 4.74 Å². The Kier molecular flexibility index (Phi) is 3.44. The van der Waals surface area contributed by atoms with Crippen molar-refractivity contribution in [3.63, 3.8) is 0 Å². The molecule has 23 heavy (non-hydrogen) atoms. The van der Waals surface area contributed by atoms with Gasteiger partial charge in [0.15, 0.2) is 0 Å². The molecule has 4 rings (SSSR count). The first-order valence-corrected chi connectivity index (χ1v) is 7.42. The molecule has 0 aliphatic rings. The summed E-state index contributed by atoms with van der Waals surface area (Å²) in [4.78, 5) is 12.7. The molecule has 0 N–H and O–H groups in total. The zero-order valence-corrected chi connectivity index (χ0v) is 12.9. The van der Waals surface area contributed by atoms with Crippen molar-refractivity contribution in [2.24, 2.45) is 0 Å². The molecule has 0 radical (unpaired) electrons. The number of pyridine rings is 1. The zero-order valence-electron chi connectivity index (χ0n) is 12.0. The molecule has 4 aromatic rings. The fourth-order valence-corrected chi connectivity index (χ4v) is 2.62. The van der Waals surface area contributed by atoms with Gasteiger partial charge in [-0.05, 0) is 24.3 Å². The minimum absolute atomic E-state index is 0.315. The maximum absolute atomic E-state index is 5.81. The van der Waals surface area contributed by atoms with E-state index in [-0.39, 0.29) is 0 Å². The fraction of sp³-hybridized carbons (Fsp3) is 0. The summed E-state index contributed by atoms with van der Waals surface area (Å²) < 4.78 is 7.50. The third-order valence-corrected chi connectivity index (χ3v) is 3.77. The summed E-state index contributed by atoms with van der Waals surface area (Å²) in [5, 5.41) is 1.02. The molecule has 0 bridgehead atoms. The molecule has 0 spiro atoms. The zero-order chi connectivity index (χ0) is 15.6. The predicted octanol–water partition coefficient (Wildman–Crippen LogP) is 3.98. The van der Waals surface area contributed by atoms with Crippen molar-refractivity contribution >= 4 is 23.8 Å². The maximum Gasteiger partial charge on any atom is 0.321 e. The lowest BCUT2D eigenvalue weighted by molar-refractivity contribution is 0.443. The molecule has 0 aliphatic carbocycles. The second-order valence-corrected chi connectivity index (χ2v) is 5.36. The molecule has 0 fully saturated rings. The maximum atomic E-state index is 5.81. The molecule has 5 nitrogen and oxygen atoms in total. The van der Waals surface area contributed by atoms with Gasteiger partial charge in [-0.25, -0.2) is 15.0 Å². The quantitative estimate of drug-likeness (QED) is 0.580. The van der Waals surface area contributed by atoms with Crippen molar-refractivity contribution in [1.29, 1.82) is 0 Å².